The number of rotatable bonds is 7. The molecule has 2 N–H and O–H groups in total. The van der Waals surface area contributed by atoms with E-state index in [9.17, 15) is 36.2 Å². The smallest absolute Gasteiger partial charge is 0.431 e. The monoisotopic (exact) mass is 604 g/mol. The number of hydrogen-bond acceptors (Lipinski definition) is 5. The Labute approximate surface area is 237 Å². The van der Waals surface area contributed by atoms with Gasteiger partial charge in [-0.15, -0.1) is 0 Å². The van der Waals surface area contributed by atoms with Crippen molar-refractivity contribution in [3.8, 4) is 22.6 Å². The number of aromatic hydroxyl groups is 1. The number of phenols is 1. The summed E-state index contributed by atoms with van der Waals surface area (Å²) in [6.07, 6.45) is -8.13. The zero-order chi connectivity index (χ0) is 30.8. The highest BCUT2D eigenvalue weighted by atomic mass is 35.5. The molecule has 6 nitrogen and oxygen atoms in total. The molecule has 0 saturated heterocycles. The molecule has 1 aliphatic rings. The van der Waals surface area contributed by atoms with Crippen LogP contribution in [0.4, 0.5) is 31.1 Å². The summed E-state index contributed by atoms with van der Waals surface area (Å²) in [5.74, 6) is -0.667. The number of alkyl halides is 6. The topological polar surface area (TPSA) is 71.0 Å². The molecule has 0 fully saturated rings. The van der Waals surface area contributed by atoms with Crippen molar-refractivity contribution in [3.05, 3.63) is 70.2 Å². The van der Waals surface area contributed by atoms with E-state index in [1.807, 2.05) is 0 Å². The highest BCUT2D eigenvalue weighted by Gasteiger charge is 2.37. The molecule has 41 heavy (non-hydrogen) atoms. The molecule has 2 aromatic carbocycles. The molecular weight excluding hydrogens is 578 g/mol. The van der Waals surface area contributed by atoms with Crippen LogP contribution in [0.15, 0.2) is 54.0 Å². The van der Waals surface area contributed by atoms with Crippen LogP contribution in [0.1, 0.15) is 38.3 Å². The summed E-state index contributed by atoms with van der Waals surface area (Å²) < 4.78 is 92.2. The number of nitrogens with zero attached hydrogens (tertiary/aromatic N) is 1. The number of nitrogens with one attached hydrogen (secondary N) is 1. The van der Waals surface area contributed by atoms with Crippen molar-refractivity contribution in [2.75, 3.05) is 20.2 Å². The van der Waals surface area contributed by atoms with Gasteiger partial charge >= 0.3 is 18.4 Å². The van der Waals surface area contributed by atoms with Gasteiger partial charge in [-0.2, -0.15) is 26.3 Å². The van der Waals surface area contributed by atoms with Crippen molar-refractivity contribution in [2.24, 2.45) is 0 Å². The van der Waals surface area contributed by atoms with Crippen molar-refractivity contribution in [1.29, 1.82) is 0 Å². The van der Waals surface area contributed by atoms with Gasteiger partial charge in [0.25, 0.3) is 0 Å². The van der Waals surface area contributed by atoms with Crippen LogP contribution < -0.4 is 10.1 Å². The minimum Gasteiger partial charge on any atom is -0.506 e. The third kappa shape index (κ3) is 8.14. The van der Waals surface area contributed by atoms with E-state index in [1.54, 1.807) is 20.8 Å². The summed E-state index contributed by atoms with van der Waals surface area (Å²) in [5, 5.41) is 13.2. The van der Waals surface area contributed by atoms with Gasteiger partial charge in [-0.1, -0.05) is 23.4 Å². The lowest BCUT2D eigenvalue weighted by Crippen LogP contribution is -2.33. The lowest BCUT2D eigenvalue weighted by atomic mass is 9.94. The maximum absolute atomic E-state index is 13.6. The van der Waals surface area contributed by atoms with Gasteiger partial charge in [-0.3, -0.25) is 0 Å². The van der Waals surface area contributed by atoms with Crippen molar-refractivity contribution in [3.63, 3.8) is 0 Å². The predicted octanol–water partition coefficient (Wildman–Crippen LogP) is 7.91. The fourth-order valence-electron chi connectivity index (χ4n) is 3.80. The number of benzene rings is 2. The first-order valence-corrected chi connectivity index (χ1v) is 12.6. The molecule has 0 radical (unpaired) electrons. The maximum atomic E-state index is 13.6. The summed E-state index contributed by atoms with van der Waals surface area (Å²) in [4.78, 5) is 12.6. The number of phenolic OH excluding ortho intramolecular Hbond substituents is 1. The van der Waals surface area contributed by atoms with Gasteiger partial charge in [-0.05, 0) is 63.1 Å². The van der Waals surface area contributed by atoms with Gasteiger partial charge < -0.3 is 24.8 Å². The highest BCUT2D eigenvalue weighted by Crippen LogP contribution is 2.46. The van der Waals surface area contributed by atoms with E-state index in [1.165, 1.54) is 25.2 Å². The fraction of sp³-hybridized carbons (Fsp3) is 0.357. The second-order valence-corrected chi connectivity index (χ2v) is 10.4. The second kappa shape index (κ2) is 12.0. The minimum absolute atomic E-state index is 0.0349. The largest absolute Gasteiger partial charge is 0.506 e. The zero-order valence-corrected chi connectivity index (χ0v) is 23.2. The lowest BCUT2D eigenvalue weighted by molar-refractivity contribution is -0.137. The number of ether oxygens (including phenoxy) is 2. The number of allylic oxidation sites excluding steroid dienone is 3. The average molecular weight is 605 g/mol. The molecule has 0 aliphatic carbocycles. The Kier molecular flexibility index (Phi) is 9.30. The fourth-order valence-corrected chi connectivity index (χ4v) is 4.02. The van der Waals surface area contributed by atoms with Crippen LogP contribution in [0.3, 0.4) is 0 Å². The van der Waals surface area contributed by atoms with Gasteiger partial charge in [0.2, 0.25) is 0 Å². The number of halogens is 7. The van der Waals surface area contributed by atoms with Crippen LogP contribution >= 0.6 is 11.6 Å². The minimum atomic E-state index is -4.82. The summed E-state index contributed by atoms with van der Waals surface area (Å²) >= 11 is 5.76. The van der Waals surface area contributed by atoms with Gasteiger partial charge in [-0.25, -0.2) is 4.79 Å². The third-order valence-corrected chi connectivity index (χ3v) is 5.93. The summed E-state index contributed by atoms with van der Waals surface area (Å²) in [7, 11) is 1.18. The Bertz CT molecular complexity index is 1400. The van der Waals surface area contributed by atoms with Crippen LogP contribution in [0.2, 0.25) is 5.02 Å². The first kappa shape index (κ1) is 31.8. The molecule has 222 valence electrons. The van der Waals surface area contributed by atoms with E-state index in [4.69, 9.17) is 21.1 Å². The molecule has 0 spiro atoms. The number of alkyl carbamates (subject to hydrolysis) is 1. The van der Waals surface area contributed by atoms with Crippen LogP contribution in [0, 0.1) is 0 Å². The van der Waals surface area contributed by atoms with Crippen LogP contribution in [-0.4, -0.2) is 48.1 Å². The predicted molar refractivity (Wildman–Crippen MR) is 141 cm³/mol. The van der Waals surface area contributed by atoms with Crippen molar-refractivity contribution in [2.45, 2.75) is 45.1 Å². The maximum Gasteiger partial charge on any atom is 0.431 e. The Morgan fingerprint density at radius 1 is 1.07 bits per heavy atom. The van der Waals surface area contributed by atoms with E-state index in [-0.39, 0.29) is 47.6 Å². The molecule has 0 unspecified atom stereocenters. The Hall–Kier alpha value is -3.76. The molecule has 0 aromatic heterocycles. The van der Waals surface area contributed by atoms with Crippen molar-refractivity contribution in [1.82, 2.24) is 10.2 Å². The van der Waals surface area contributed by atoms with Gasteiger partial charge in [0, 0.05) is 30.9 Å². The highest BCUT2D eigenvalue weighted by molar-refractivity contribution is 6.31. The lowest BCUT2D eigenvalue weighted by Gasteiger charge is -2.23. The van der Waals surface area contributed by atoms with Crippen LogP contribution in [-0.2, 0) is 10.9 Å². The quantitative estimate of drug-likeness (QED) is 0.191. The summed E-state index contributed by atoms with van der Waals surface area (Å²) in [6.45, 7) is 5.21. The van der Waals surface area contributed by atoms with Crippen molar-refractivity contribution < 1.29 is 45.7 Å². The number of hydrogen-bond donors (Lipinski definition) is 2. The van der Waals surface area contributed by atoms with E-state index < -0.39 is 46.1 Å². The standard InChI is InChI=1S/C28H27ClF6N2O4/c1-26(2,3)41-25(39)36-11-5-13-40-21-9-7-18(16-10-12-37(4)22(15-16)28(33,34)35)24(38)23(21)17-6-8-20(29)19(14-17)27(30,31)32/h6-9,12,14-15,38H,5,11,13H2,1-4H3,(H,36,39). The first-order chi connectivity index (χ1) is 18.9. The Morgan fingerprint density at radius 3 is 2.37 bits per heavy atom. The van der Waals surface area contributed by atoms with Crippen LogP contribution in [0.5, 0.6) is 11.5 Å². The van der Waals surface area contributed by atoms with E-state index in [0.717, 1.165) is 23.2 Å². The average Bonchev–Trinajstić information content (AvgIpc) is 2.82. The second-order valence-electron chi connectivity index (χ2n) is 9.98. The SMILES string of the molecule is CN1C=C=C(c2ccc(OCCCNC(=O)OC(C)(C)C)c(-c3ccc(Cl)c(C(F)(F)F)c3)c2O)C=C1C(F)(F)F. The molecule has 0 saturated carbocycles. The molecule has 2 aromatic rings. The van der Waals surface area contributed by atoms with Crippen molar-refractivity contribution >= 4 is 23.3 Å². The summed E-state index contributed by atoms with van der Waals surface area (Å²) in [6, 6.07) is 5.54. The molecule has 1 heterocycles. The molecule has 3 rings (SSSR count). The molecule has 0 atom stereocenters. The van der Waals surface area contributed by atoms with Crippen LogP contribution in [0.25, 0.3) is 16.7 Å². The molecule has 0 bridgehead atoms. The number of amides is 1. The van der Waals surface area contributed by atoms with E-state index >= 15 is 0 Å². The number of carbonyl (C=O) groups excluding carboxylic acids is 1. The van der Waals surface area contributed by atoms with Gasteiger partial charge in [0.1, 0.15) is 22.8 Å². The Morgan fingerprint density at radius 2 is 1.76 bits per heavy atom. The molecular formula is C28H27ClF6N2O4. The normalized spacial score (nSPS) is 14.0. The third-order valence-electron chi connectivity index (χ3n) is 5.60. The molecule has 1 amide bonds. The van der Waals surface area contributed by atoms with Gasteiger partial charge in [0.05, 0.1) is 22.8 Å². The number of carbonyl (C=O) groups is 1. The van der Waals surface area contributed by atoms with Gasteiger partial charge in [0.15, 0.2) is 0 Å². The molecule has 1 aliphatic heterocycles. The Balaban J connectivity index is 2.00. The van der Waals surface area contributed by atoms with E-state index in [2.05, 4.69) is 11.0 Å². The summed E-state index contributed by atoms with van der Waals surface area (Å²) in [5.41, 5.74) is -0.855. The zero-order valence-electron chi connectivity index (χ0n) is 22.4. The van der Waals surface area contributed by atoms with E-state index in [0.29, 0.717) is 6.07 Å². The molecule has 13 heteroatoms. The first-order valence-electron chi connectivity index (χ1n) is 12.2.